The number of nitrogens with zero attached hydrogens (tertiary/aromatic N) is 1. The lowest BCUT2D eigenvalue weighted by Gasteiger charge is -2.23. The van der Waals surface area contributed by atoms with Crippen LogP contribution < -0.4 is 25.5 Å². The van der Waals surface area contributed by atoms with Crippen LogP contribution in [0.25, 0.3) is 0 Å². The third kappa shape index (κ3) is 4.24. The van der Waals surface area contributed by atoms with Crippen LogP contribution in [0, 0.1) is 0 Å². The minimum absolute atomic E-state index is 0.156. The third-order valence-electron chi connectivity index (χ3n) is 4.68. The monoisotopic (exact) mass is 414 g/mol. The molecule has 0 aliphatic carbocycles. The summed E-state index contributed by atoms with van der Waals surface area (Å²) in [6, 6.07) is 13.8. The van der Waals surface area contributed by atoms with Gasteiger partial charge in [0.15, 0.2) is 5.11 Å². The van der Waals surface area contributed by atoms with Crippen LogP contribution in [0.1, 0.15) is 18.1 Å². The minimum Gasteiger partial charge on any atom is -0.497 e. The second-order valence-electron chi connectivity index (χ2n) is 6.57. The topological polar surface area (TPSA) is 91.9 Å². The fourth-order valence-electron chi connectivity index (χ4n) is 2.93. The van der Waals surface area contributed by atoms with E-state index >= 15 is 0 Å². The molecule has 152 valence electrons. The van der Waals surface area contributed by atoms with Crippen LogP contribution >= 0.6 is 12.2 Å². The van der Waals surface area contributed by atoms with Gasteiger partial charge in [-0.15, -0.1) is 0 Å². The molecular weight excluding hydrogens is 392 g/mol. The Labute approximate surface area is 174 Å². The first-order valence-corrected chi connectivity index (χ1v) is 9.27. The summed E-state index contributed by atoms with van der Waals surface area (Å²) >= 11 is 5.23. The highest BCUT2D eigenvalue weighted by Crippen LogP contribution is 2.29. The molecule has 1 heterocycles. The van der Waals surface area contributed by atoms with Crippen LogP contribution in [0.3, 0.4) is 0 Å². The normalized spacial score (nSPS) is 18.2. The summed E-state index contributed by atoms with van der Waals surface area (Å²) in [6.07, 6.45) is 0. The maximum absolute atomic E-state index is 12.9. The molecule has 3 amide bonds. The molecule has 1 saturated heterocycles. The van der Waals surface area contributed by atoms with Gasteiger partial charge in [-0.3, -0.25) is 10.2 Å². The zero-order chi connectivity index (χ0) is 21.0. The molecule has 0 radical (unpaired) electrons. The molecule has 3 N–H and O–H groups in total. The third-order valence-corrected chi connectivity index (χ3v) is 4.92. The molecule has 1 aliphatic rings. The zero-order valence-corrected chi connectivity index (χ0v) is 17.1. The van der Waals surface area contributed by atoms with Crippen LogP contribution in [0.15, 0.2) is 48.5 Å². The maximum Gasteiger partial charge on any atom is 0.344 e. The van der Waals surface area contributed by atoms with E-state index in [0.717, 1.165) is 16.3 Å². The number of hydrazine groups is 1. The Morgan fingerprint density at radius 1 is 1.03 bits per heavy atom. The Morgan fingerprint density at radius 2 is 1.59 bits per heavy atom. The molecule has 0 unspecified atom stereocenters. The van der Waals surface area contributed by atoms with Gasteiger partial charge < -0.3 is 20.1 Å². The Kier molecular flexibility index (Phi) is 5.88. The summed E-state index contributed by atoms with van der Waals surface area (Å²) in [4.78, 5) is 25.3. The highest BCUT2D eigenvalue weighted by molar-refractivity contribution is 7.80. The molecule has 2 aromatic rings. The van der Waals surface area contributed by atoms with Crippen molar-refractivity contribution in [3.05, 3.63) is 59.7 Å². The van der Waals surface area contributed by atoms with Crippen molar-refractivity contribution >= 4 is 29.3 Å². The standard InChI is InChI=1S/C20H22N4O4S/c1-20(14-6-10-16(28-3)11-7-14)17(25)24(19(26)22-20)23-18(29)21-12-13-4-8-15(27-2)9-5-13/h4-11H,12H2,1-3H3,(H,22,26)(H2,21,23,29)/t20-/m1/s1. The van der Waals surface area contributed by atoms with Gasteiger partial charge in [-0.1, -0.05) is 24.3 Å². The van der Waals surface area contributed by atoms with Crippen molar-refractivity contribution in [2.45, 2.75) is 19.0 Å². The smallest absolute Gasteiger partial charge is 0.344 e. The number of thiocarbonyl (C=S) groups is 1. The van der Waals surface area contributed by atoms with Gasteiger partial charge in [0.2, 0.25) is 0 Å². The molecule has 2 aromatic carbocycles. The van der Waals surface area contributed by atoms with Gasteiger partial charge >= 0.3 is 6.03 Å². The number of rotatable bonds is 6. The Morgan fingerprint density at radius 3 is 2.14 bits per heavy atom. The summed E-state index contributed by atoms with van der Waals surface area (Å²) < 4.78 is 10.3. The lowest BCUT2D eigenvalue weighted by molar-refractivity contribution is -0.132. The molecule has 1 fully saturated rings. The largest absolute Gasteiger partial charge is 0.497 e. The molecule has 29 heavy (non-hydrogen) atoms. The van der Waals surface area contributed by atoms with Crippen molar-refractivity contribution in [2.75, 3.05) is 14.2 Å². The fraction of sp³-hybridized carbons (Fsp3) is 0.250. The average Bonchev–Trinajstić information content (AvgIpc) is 2.96. The first kappa shape index (κ1) is 20.4. The summed E-state index contributed by atoms with van der Waals surface area (Å²) in [5.41, 5.74) is 3.06. The number of nitrogens with one attached hydrogen (secondary N) is 3. The Bertz CT molecular complexity index is 917. The molecule has 0 aromatic heterocycles. The van der Waals surface area contributed by atoms with Crippen LogP contribution in [0.5, 0.6) is 11.5 Å². The fourth-order valence-corrected chi connectivity index (χ4v) is 3.09. The van der Waals surface area contributed by atoms with E-state index in [4.69, 9.17) is 21.7 Å². The SMILES string of the molecule is COc1ccc(CNC(=S)NN2C(=O)N[C@](C)(c3ccc(OC)cc3)C2=O)cc1. The van der Waals surface area contributed by atoms with Crippen molar-refractivity contribution in [3.8, 4) is 11.5 Å². The van der Waals surface area contributed by atoms with E-state index < -0.39 is 17.5 Å². The number of urea groups is 1. The average molecular weight is 414 g/mol. The van der Waals surface area contributed by atoms with Crippen molar-refractivity contribution < 1.29 is 19.1 Å². The Hall–Kier alpha value is -3.33. The lowest BCUT2D eigenvalue weighted by atomic mass is 9.92. The summed E-state index contributed by atoms with van der Waals surface area (Å²) in [6.45, 7) is 2.07. The van der Waals surface area contributed by atoms with Gasteiger partial charge in [0.05, 0.1) is 14.2 Å². The molecule has 0 saturated carbocycles. The van der Waals surface area contributed by atoms with E-state index in [-0.39, 0.29) is 5.11 Å². The first-order valence-electron chi connectivity index (χ1n) is 8.86. The minimum atomic E-state index is -1.21. The van der Waals surface area contributed by atoms with E-state index in [1.54, 1.807) is 45.4 Å². The highest BCUT2D eigenvalue weighted by Gasteiger charge is 2.49. The number of hydrogen-bond donors (Lipinski definition) is 3. The zero-order valence-electron chi connectivity index (χ0n) is 16.3. The highest BCUT2D eigenvalue weighted by atomic mass is 32.1. The quantitative estimate of drug-likeness (QED) is 0.492. The number of benzene rings is 2. The van der Waals surface area contributed by atoms with E-state index in [9.17, 15) is 9.59 Å². The number of ether oxygens (including phenoxy) is 2. The van der Waals surface area contributed by atoms with Crippen molar-refractivity contribution in [1.82, 2.24) is 21.1 Å². The van der Waals surface area contributed by atoms with Crippen LogP contribution in [0.4, 0.5) is 4.79 Å². The van der Waals surface area contributed by atoms with Crippen molar-refractivity contribution in [3.63, 3.8) is 0 Å². The Balaban J connectivity index is 1.63. The molecule has 8 nitrogen and oxygen atoms in total. The summed E-state index contributed by atoms with van der Waals surface area (Å²) in [5.74, 6) is 0.959. The predicted octanol–water partition coefficient (Wildman–Crippen LogP) is 2.05. The number of amides is 3. The molecule has 1 atom stereocenters. The molecule has 0 bridgehead atoms. The van der Waals surface area contributed by atoms with E-state index in [1.165, 1.54) is 0 Å². The second-order valence-corrected chi connectivity index (χ2v) is 6.98. The van der Waals surface area contributed by atoms with Crippen LogP contribution in [-0.2, 0) is 16.9 Å². The number of imide groups is 1. The van der Waals surface area contributed by atoms with Crippen LogP contribution in [-0.4, -0.2) is 36.3 Å². The summed E-state index contributed by atoms with van der Waals surface area (Å²) in [7, 11) is 3.16. The maximum atomic E-state index is 12.9. The number of methoxy groups -OCH3 is 2. The van der Waals surface area contributed by atoms with E-state index in [1.807, 2.05) is 24.3 Å². The first-order chi connectivity index (χ1) is 13.9. The molecular formula is C20H22N4O4S. The lowest BCUT2D eigenvalue weighted by Crippen LogP contribution is -2.51. The van der Waals surface area contributed by atoms with Crippen molar-refractivity contribution in [1.29, 1.82) is 0 Å². The molecule has 0 spiro atoms. The van der Waals surface area contributed by atoms with E-state index in [2.05, 4.69) is 16.1 Å². The van der Waals surface area contributed by atoms with Gasteiger partial charge in [-0.25, -0.2) is 4.79 Å². The van der Waals surface area contributed by atoms with Gasteiger partial charge in [0, 0.05) is 6.54 Å². The summed E-state index contributed by atoms with van der Waals surface area (Å²) in [5, 5.41) is 6.72. The predicted molar refractivity (Wildman–Crippen MR) is 111 cm³/mol. The van der Waals surface area contributed by atoms with Gasteiger partial charge in [0.25, 0.3) is 5.91 Å². The number of carbonyl (C=O) groups excluding carboxylic acids is 2. The second kappa shape index (κ2) is 8.36. The molecule has 1 aliphatic heterocycles. The number of hydrogen-bond acceptors (Lipinski definition) is 5. The van der Waals surface area contributed by atoms with Crippen molar-refractivity contribution in [2.24, 2.45) is 0 Å². The van der Waals surface area contributed by atoms with E-state index in [0.29, 0.717) is 17.9 Å². The van der Waals surface area contributed by atoms with Gasteiger partial charge in [-0.05, 0) is 54.5 Å². The van der Waals surface area contributed by atoms with Crippen LogP contribution in [0.2, 0.25) is 0 Å². The number of carbonyl (C=O) groups is 2. The molecule has 9 heteroatoms. The van der Waals surface area contributed by atoms with Gasteiger partial charge in [0.1, 0.15) is 17.0 Å². The molecule has 3 rings (SSSR count). The van der Waals surface area contributed by atoms with Gasteiger partial charge in [-0.2, -0.15) is 5.01 Å².